The van der Waals surface area contributed by atoms with E-state index in [0.717, 1.165) is 33.8 Å². The quantitative estimate of drug-likeness (QED) is 0.0891. The monoisotopic (exact) mass is 794 g/mol. The molecule has 0 bridgehead atoms. The summed E-state index contributed by atoms with van der Waals surface area (Å²) in [6, 6.07) is 8.86. The van der Waals surface area contributed by atoms with Crippen molar-refractivity contribution in [3.8, 4) is 11.5 Å². The standard InChI is InChI=1S/C47H66O6S2.2H2/c1-30(2)44(48)51-36(9)41(27-54-39-19-15-13-16-20-39)52-43-34(7)25-38(26-35(43)8)46(10,11)37-23-32(5)42(33(6)24-37)50-28-47(12,53-45(49)31(3)4)29-55-40-21-17-14-18-22-40;;/h23-26,39-40H,1,3,13-22,27-29H2,2,4-12H3;2*1H/b41-36+;;. The number of benzene rings is 2. The summed E-state index contributed by atoms with van der Waals surface area (Å²) in [5.74, 6) is 3.25. The van der Waals surface area contributed by atoms with Gasteiger partial charge in [-0.25, -0.2) is 9.59 Å². The van der Waals surface area contributed by atoms with Crippen LogP contribution in [0.3, 0.4) is 0 Å². The Morgan fingerprint density at radius 1 is 0.709 bits per heavy atom. The predicted molar refractivity (Wildman–Crippen MR) is 236 cm³/mol. The molecule has 306 valence electrons. The zero-order valence-electron chi connectivity index (χ0n) is 35.3. The number of aryl methyl sites for hydroxylation is 4. The normalized spacial score (nSPS) is 17.1. The lowest BCUT2D eigenvalue weighted by Gasteiger charge is -2.33. The molecule has 0 aliphatic heterocycles. The first-order valence-electron chi connectivity index (χ1n) is 20.1. The first kappa shape index (κ1) is 44.6. The van der Waals surface area contributed by atoms with E-state index < -0.39 is 11.6 Å². The lowest BCUT2D eigenvalue weighted by atomic mass is 9.76. The molecular weight excluding hydrogens is 725 g/mol. The first-order valence-corrected chi connectivity index (χ1v) is 22.2. The summed E-state index contributed by atoms with van der Waals surface area (Å²) in [6.45, 7) is 27.8. The Morgan fingerprint density at radius 3 is 1.64 bits per heavy atom. The highest BCUT2D eigenvalue weighted by Gasteiger charge is 2.33. The number of esters is 2. The van der Waals surface area contributed by atoms with E-state index in [1.807, 2.05) is 37.4 Å². The number of rotatable bonds is 17. The van der Waals surface area contributed by atoms with Crippen molar-refractivity contribution in [2.45, 2.75) is 155 Å². The molecule has 6 nitrogen and oxygen atoms in total. The smallest absolute Gasteiger partial charge is 0.338 e. The molecule has 1 unspecified atom stereocenters. The molecule has 0 heterocycles. The second kappa shape index (κ2) is 19.9. The van der Waals surface area contributed by atoms with Crippen molar-refractivity contribution in [2.24, 2.45) is 0 Å². The minimum absolute atomic E-state index is 0. The van der Waals surface area contributed by atoms with Gasteiger partial charge >= 0.3 is 11.9 Å². The highest BCUT2D eigenvalue weighted by molar-refractivity contribution is 8.00. The van der Waals surface area contributed by atoms with Crippen LogP contribution in [0.5, 0.6) is 11.5 Å². The number of carbonyl (C=O) groups is 2. The molecule has 2 aliphatic rings. The summed E-state index contributed by atoms with van der Waals surface area (Å²) in [5, 5.41) is 1.17. The fraction of sp³-hybridized carbons (Fsp3) is 0.574. The molecule has 1 atom stereocenters. The van der Waals surface area contributed by atoms with Gasteiger partial charge in [0.25, 0.3) is 0 Å². The number of carbonyl (C=O) groups excluding carboxylic acids is 2. The second-order valence-corrected chi connectivity index (χ2v) is 19.4. The van der Waals surface area contributed by atoms with Crippen molar-refractivity contribution in [3.63, 3.8) is 0 Å². The van der Waals surface area contributed by atoms with E-state index in [0.29, 0.717) is 44.7 Å². The molecular formula is C47H70O6S2. The highest BCUT2D eigenvalue weighted by Crippen LogP contribution is 2.40. The molecule has 8 heteroatoms. The van der Waals surface area contributed by atoms with E-state index in [1.165, 1.54) is 75.3 Å². The van der Waals surface area contributed by atoms with Crippen LogP contribution in [0.2, 0.25) is 0 Å². The molecule has 2 aliphatic carbocycles. The lowest BCUT2D eigenvalue weighted by Crippen LogP contribution is -2.41. The van der Waals surface area contributed by atoms with Gasteiger partial charge in [-0.1, -0.05) is 89.8 Å². The summed E-state index contributed by atoms with van der Waals surface area (Å²) in [5.41, 5.74) is 6.10. The number of thioether (sulfide) groups is 2. The lowest BCUT2D eigenvalue weighted by molar-refractivity contribution is -0.153. The van der Waals surface area contributed by atoms with Gasteiger partial charge in [-0.3, -0.25) is 0 Å². The highest BCUT2D eigenvalue weighted by atomic mass is 32.2. The van der Waals surface area contributed by atoms with Crippen LogP contribution in [0.4, 0.5) is 0 Å². The van der Waals surface area contributed by atoms with Gasteiger partial charge in [-0.05, 0) is 114 Å². The largest absolute Gasteiger partial charge is 0.489 e. The van der Waals surface area contributed by atoms with Crippen molar-refractivity contribution in [2.75, 3.05) is 18.1 Å². The van der Waals surface area contributed by atoms with Crippen LogP contribution >= 0.6 is 23.5 Å². The molecule has 0 radical (unpaired) electrons. The van der Waals surface area contributed by atoms with Crippen LogP contribution in [-0.4, -0.2) is 46.2 Å². The molecule has 0 aromatic heterocycles. The predicted octanol–water partition coefficient (Wildman–Crippen LogP) is 12.9. The van der Waals surface area contributed by atoms with Crippen molar-refractivity contribution in [1.29, 1.82) is 0 Å². The fourth-order valence-corrected chi connectivity index (χ4v) is 10.1. The van der Waals surface area contributed by atoms with Crippen LogP contribution in [0.25, 0.3) is 0 Å². The number of hydrogen-bond donors (Lipinski definition) is 0. The van der Waals surface area contributed by atoms with Gasteiger partial charge in [0.05, 0.1) is 5.75 Å². The summed E-state index contributed by atoms with van der Waals surface area (Å²) in [7, 11) is 0. The van der Waals surface area contributed by atoms with Crippen LogP contribution in [0, 0.1) is 27.7 Å². The SMILES string of the molecule is C=C(C)C(=O)O/C(C)=C(\CSC1CCCCC1)Oc1c(C)cc(C(C)(C)c2cc(C)c(OCC(C)(CSC3CCCCC3)OC(=O)C(=C)C)c(C)c2)cc1C.[HH].[HH]. The summed E-state index contributed by atoms with van der Waals surface area (Å²) < 4.78 is 25.0. The first-order chi connectivity index (χ1) is 25.9. The number of hydrogen-bond acceptors (Lipinski definition) is 8. The van der Waals surface area contributed by atoms with Gasteiger partial charge in [-0.2, -0.15) is 23.5 Å². The second-order valence-electron chi connectivity index (χ2n) is 16.8. The average Bonchev–Trinajstić information content (AvgIpc) is 3.13. The third kappa shape index (κ3) is 12.4. The van der Waals surface area contributed by atoms with Crippen molar-refractivity contribution in [3.05, 3.63) is 93.5 Å². The average molecular weight is 795 g/mol. The van der Waals surface area contributed by atoms with Crippen molar-refractivity contribution in [1.82, 2.24) is 0 Å². The van der Waals surface area contributed by atoms with Crippen LogP contribution in [0.15, 0.2) is 60.1 Å². The molecule has 0 saturated heterocycles. The van der Waals surface area contributed by atoms with Crippen LogP contribution in [0.1, 0.15) is 142 Å². The van der Waals surface area contributed by atoms with E-state index in [9.17, 15) is 9.59 Å². The van der Waals surface area contributed by atoms with Gasteiger partial charge < -0.3 is 18.9 Å². The molecule has 2 aromatic rings. The van der Waals surface area contributed by atoms with E-state index in [4.69, 9.17) is 18.9 Å². The Balaban J connectivity index is 0.00000561. The summed E-state index contributed by atoms with van der Waals surface area (Å²) in [4.78, 5) is 25.2. The van der Waals surface area contributed by atoms with E-state index in [2.05, 4.69) is 79.0 Å². The molecule has 0 amide bonds. The van der Waals surface area contributed by atoms with E-state index in [1.54, 1.807) is 13.8 Å². The summed E-state index contributed by atoms with van der Waals surface area (Å²) >= 11 is 3.79. The number of ether oxygens (including phenoxy) is 4. The van der Waals surface area contributed by atoms with Gasteiger partial charge in [0.1, 0.15) is 23.9 Å². The molecule has 4 rings (SSSR count). The van der Waals surface area contributed by atoms with Gasteiger partial charge in [0.15, 0.2) is 11.4 Å². The Morgan fingerprint density at radius 2 is 1.16 bits per heavy atom. The minimum Gasteiger partial charge on any atom is -0.489 e. The van der Waals surface area contributed by atoms with E-state index in [-0.39, 0.29) is 20.8 Å². The molecule has 55 heavy (non-hydrogen) atoms. The third-order valence-electron chi connectivity index (χ3n) is 11.0. The summed E-state index contributed by atoms with van der Waals surface area (Å²) in [6.07, 6.45) is 12.5. The van der Waals surface area contributed by atoms with Gasteiger partial charge in [-0.15, -0.1) is 0 Å². The van der Waals surface area contributed by atoms with Crippen molar-refractivity contribution < 1.29 is 31.4 Å². The van der Waals surface area contributed by atoms with Crippen molar-refractivity contribution >= 4 is 35.5 Å². The third-order valence-corrected chi connectivity index (χ3v) is 14.1. The maximum atomic E-state index is 12.7. The molecule has 2 saturated carbocycles. The maximum Gasteiger partial charge on any atom is 0.338 e. The molecule has 2 fully saturated rings. The Hall–Kier alpha value is -3.10. The zero-order valence-corrected chi connectivity index (χ0v) is 37.0. The zero-order chi connectivity index (χ0) is 40.5. The van der Waals surface area contributed by atoms with Gasteiger partial charge in [0.2, 0.25) is 0 Å². The Labute approximate surface area is 343 Å². The van der Waals surface area contributed by atoms with E-state index >= 15 is 0 Å². The minimum atomic E-state index is -0.789. The maximum absolute atomic E-state index is 12.7. The Bertz CT molecular complexity index is 1710. The molecule has 2 aromatic carbocycles. The molecule has 0 N–H and O–H groups in total. The molecule has 0 spiro atoms. The topological polar surface area (TPSA) is 71.1 Å². The number of allylic oxidation sites excluding steroid dienone is 1. The fourth-order valence-electron chi connectivity index (χ4n) is 7.37. The van der Waals surface area contributed by atoms with Crippen LogP contribution in [-0.2, 0) is 24.5 Å². The Kier molecular flexibility index (Phi) is 16.1. The van der Waals surface area contributed by atoms with Crippen LogP contribution < -0.4 is 9.47 Å². The van der Waals surface area contributed by atoms with Gasteiger partial charge in [0, 0.05) is 35.7 Å².